The number of amides is 2. The molecule has 4 nitrogen and oxygen atoms in total. The summed E-state index contributed by atoms with van der Waals surface area (Å²) < 4.78 is 13.5. The Labute approximate surface area is 157 Å². The normalized spacial score (nSPS) is 43.8. The third-order valence-electron chi connectivity index (χ3n) is 7.24. The number of carbonyl (C=O) groups is 1. The quantitative estimate of drug-likeness (QED) is 0.825. The Morgan fingerprint density at radius 1 is 1.27 bits per heavy atom. The van der Waals surface area contributed by atoms with Gasteiger partial charge in [-0.25, -0.2) is 9.18 Å². The lowest BCUT2D eigenvalue weighted by atomic mass is 9.52. The van der Waals surface area contributed by atoms with Crippen molar-refractivity contribution in [2.24, 2.45) is 17.8 Å². The highest BCUT2D eigenvalue weighted by atomic mass is 35.5. The number of benzene rings is 1. The molecule has 1 aliphatic heterocycles. The second kappa shape index (κ2) is 5.35. The molecular formula is C20H24ClFN2O2. The van der Waals surface area contributed by atoms with E-state index in [2.05, 4.69) is 5.32 Å². The molecule has 5 fully saturated rings. The number of nitrogens with zero attached hydrogens (tertiary/aromatic N) is 1. The molecule has 26 heavy (non-hydrogen) atoms. The van der Waals surface area contributed by atoms with Crippen LogP contribution >= 0.6 is 11.6 Å². The van der Waals surface area contributed by atoms with Gasteiger partial charge in [0, 0.05) is 12.6 Å². The van der Waals surface area contributed by atoms with E-state index >= 15 is 0 Å². The van der Waals surface area contributed by atoms with Crippen molar-refractivity contribution < 1.29 is 14.3 Å². The number of carbonyl (C=O) groups excluding carboxylic acids is 1. The van der Waals surface area contributed by atoms with Crippen LogP contribution in [0.3, 0.4) is 0 Å². The molecule has 0 aromatic heterocycles. The number of aliphatic hydroxyl groups is 1. The van der Waals surface area contributed by atoms with Crippen molar-refractivity contribution in [3.8, 4) is 0 Å². The Morgan fingerprint density at radius 2 is 1.96 bits per heavy atom. The second-order valence-electron chi connectivity index (χ2n) is 9.20. The summed E-state index contributed by atoms with van der Waals surface area (Å²) in [6, 6.07) is 4.81. The summed E-state index contributed by atoms with van der Waals surface area (Å²) in [5.74, 6) is 0.934. The average molecular weight is 379 g/mol. The number of rotatable bonds is 2. The second-order valence-corrected chi connectivity index (χ2v) is 9.61. The van der Waals surface area contributed by atoms with E-state index in [1.807, 2.05) is 11.8 Å². The molecule has 1 saturated heterocycles. The van der Waals surface area contributed by atoms with Crippen LogP contribution in [-0.4, -0.2) is 34.2 Å². The van der Waals surface area contributed by atoms with Gasteiger partial charge in [-0.05, 0) is 74.5 Å². The standard InChI is InChI=1S/C20H24ClFN2O2/c1-19(14-2-3-16(22)15(21)6-14)10-24(18(25)23-19)17-12-4-11-5-13(17)9-20(26,7-11)8-12/h2-3,6,11-13,17,26H,4-5,7-10H2,1H3,(H,23,25). The molecule has 6 rings (SSSR count). The summed E-state index contributed by atoms with van der Waals surface area (Å²) in [7, 11) is 0. The third kappa shape index (κ3) is 2.40. The fraction of sp³-hybridized carbons (Fsp3) is 0.650. The van der Waals surface area contributed by atoms with Crippen molar-refractivity contribution in [2.75, 3.05) is 6.54 Å². The largest absolute Gasteiger partial charge is 0.390 e. The molecule has 2 amide bonds. The highest BCUT2D eigenvalue weighted by molar-refractivity contribution is 6.30. The Balaban J connectivity index is 1.43. The highest BCUT2D eigenvalue weighted by Gasteiger charge is 2.58. The zero-order chi connectivity index (χ0) is 18.3. The van der Waals surface area contributed by atoms with Crippen LogP contribution in [0, 0.1) is 23.6 Å². The Morgan fingerprint density at radius 3 is 2.58 bits per heavy atom. The minimum atomic E-state index is -0.583. The minimum absolute atomic E-state index is 0.0580. The first-order valence-corrected chi connectivity index (χ1v) is 9.91. The van der Waals surface area contributed by atoms with E-state index in [9.17, 15) is 14.3 Å². The van der Waals surface area contributed by atoms with Crippen LogP contribution in [0.5, 0.6) is 0 Å². The van der Waals surface area contributed by atoms with Crippen molar-refractivity contribution in [3.05, 3.63) is 34.6 Å². The lowest BCUT2D eigenvalue weighted by Gasteiger charge is -2.59. The fourth-order valence-electron chi connectivity index (χ4n) is 6.47. The van der Waals surface area contributed by atoms with Gasteiger partial charge in [0.25, 0.3) is 0 Å². The van der Waals surface area contributed by atoms with E-state index in [1.165, 1.54) is 6.07 Å². The van der Waals surface area contributed by atoms with Gasteiger partial charge in [-0.2, -0.15) is 0 Å². The van der Waals surface area contributed by atoms with Gasteiger partial charge in [0.2, 0.25) is 0 Å². The van der Waals surface area contributed by atoms with Crippen LogP contribution < -0.4 is 5.32 Å². The molecule has 4 saturated carbocycles. The van der Waals surface area contributed by atoms with Crippen molar-refractivity contribution in [2.45, 2.75) is 56.2 Å². The molecule has 1 aromatic carbocycles. The number of urea groups is 1. The maximum absolute atomic E-state index is 13.5. The lowest BCUT2D eigenvalue weighted by Crippen LogP contribution is -2.62. The third-order valence-corrected chi connectivity index (χ3v) is 7.53. The van der Waals surface area contributed by atoms with E-state index in [-0.39, 0.29) is 17.1 Å². The summed E-state index contributed by atoms with van der Waals surface area (Å²) in [6.07, 6.45) is 4.80. The van der Waals surface area contributed by atoms with Gasteiger partial charge in [-0.3, -0.25) is 0 Å². The summed E-state index contributed by atoms with van der Waals surface area (Å²) in [5, 5.41) is 14.0. The van der Waals surface area contributed by atoms with E-state index in [0.717, 1.165) is 37.7 Å². The van der Waals surface area contributed by atoms with Gasteiger partial charge in [0.1, 0.15) is 5.82 Å². The van der Waals surface area contributed by atoms with Crippen molar-refractivity contribution in [1.82, 2.24) is 10.2 Å². The predicted molar refractivity (Wildman–Crippen MR) is 96.3 cm³/mol. The van der Waals surface area contributed by atoms with Crippen LogP contribution in [0.25, 0.3) is 0 Å². The van der Waals surface area contributed by atoms with Crippen molar-refractivity contribution in [1.29, 1.82) is 0 Å². The van der Waals surface area contributed by atoms with Gasteiger partial charge in [0.15, 0.2) is 0 Å². The summed E-state index contributed by atoms with van der Waals surface area (Å²) in [4.78, 5) is 14.8. The maximum atomic E-state index is 13.5. The Hall–Kier alpha value is -1.33. The van der Waals surface area contributed by atoms with Crippen molar-refractivity contribution >= 4 is 17.6 Å². The molecule has 2 N–H and O–H groups in total. The van der Waals surface area contributed by atoms with Gasteiger partial charge in [0.05, 0.1) is 16.2 Å². The molecule has 3 atom stereocenters. The van der Waals surface area contributed by atoms with E-state index < -0.39 is 17.0 Å². The molecule has 1 heterocycles. The Bertz CT molecular complexity index is 771. The molecule has 0 radical (unpaired) electrons. The van der Waals surface area contributed by atoms with E-state index in [0.29, 0.717) is 24.3 Å². The zero-order valence-electron chi connectivity index (χ0n) is 14.8. The smallest absolute Gasteiger partial charge is 0.318 e. The summed E-state index contributed by atoms with van der Waals surface area (Å²) >= 11 is 5.96. The highest BCUT2D eigenvalue weighted by Crippen LogP contribution is 2.57. The first-order valence-electron chi connectivity index (χ1n) is 9.53. The molecule has 6 heteroatoms. The van der Waals surface area contributed by atoms with Crippen molar-refractivity contribution in [3.63, 3.8) is 0 Å². The van der Waals surface area contributed by atoms with Crippen LogP contribution in [0.4, 0.5) is 9.18 Å². The van der Waals surface area contributed by atoms with Crippen LogP contribution in [0.15, 0.2) is 18.2 Å². The monoisotopic (exact) mass is 378 g/mol. The number of nitrogens with one attached hydrogen (secondary N) is 1. The number of hydrogen-bond acceptors (Lipinski definition) is 2. The maximum Gasteiger partial charge on any atom is 0.318 e. The molecular weight excluding hydrogens is 355 g/mol. The van der Waals surface area contributed by atoms with Crippen LogP contribution in [-0.2, 0) is 5.54 Å². The minimum Gasteiger partial charge on any atom is -0.390 e. The first-order chi connectivity index (χ1) is 12.3. The lowest BCUT2D eigenvalue weighted by molar-refractivity contribution is -0.152. The average Bonchev–Trinajstić information content (AvgIpc) is 2.84. The number of halogens is 2. The topological polar surface area (TPSA) is 52.6 Å². The SMILES string of the molecule is CC1(c2ccc(F)c(Cl)c2)CN(C2C3CC4CC2CC(O)(C4)C3)C(=O)N1. The van der Waals surface area contributed by atoms with Crippen LogP contribution in [0.2, 0.25) is 5.02 Å². The van der Waals surface area contributed by atoms with E-state index in [4.69, 9.17) is 11.6 Å². The molecule has 4 aliphatic carbocycles. The van der Waals surface area contributed by atoms with Crippen LogP contribution in [0.1, 0.15) is 44.6 Å². The van der Waals surface area contributed by atoms with Gasteiger partial charge in [-0.15, -0.1) is 0 Å². The molecule has 140 valence electrons. The predicted octanol–water partition coefficient (Wildman–Crippen LogP) is 3.66. The molecule has 1 aromatic rings. The zero-order valence-corrected chi connectivity index (χ0v) is 15.6. The van der Waals surface area contributed by atoms with E-state index in [1.54, 1.807) is 12.1 Å². The fourth-order valence-corrected chi connectivity index (χ4v) is 6.65. The molecule has 3 unspecified atom stereocenters. The molecule has 4 bridgehead atoms. The van der Waals surface area contributed by atoms with Gasteiger partial charge >= 0.3 is 6.03 Å². The number of hydrogen-bond donors (Lipinski definition) is 2. The summed E-state index contributed by atoms with van der Waals surface area (Å²) in [5.41, 5.74) is -0.265. The molecule has 5 aliphatic rings. The van der Waals surface area contributed by atoms with Gasteiger partial charge < -0.3 is 15.3 Å². The Kier molecular flexibility index (Phi) is 3.46. The first kappa shape index (κ1) is 16.8. The summed E-state index contributed by atoms with van der Waals surface area (Å²) in [6.45, 7) is 2.52. The van der Waals surface area contributed by atoms with Gasteiger partial charge in [-0.1, -0.05) is 17.7 Å². The molecule has 0 spiro atoms.